The maximum absolute atomic E-state index is 15.1. The zero-order valence-corrected chi connectivity index (χ0v) is 31.4. The van der Waals surface area contributed by atoms with E-state index in [4.69, 9.17) is 28.4 Å². The fourth-order valence-corrected chi connectivity index (χ4v) is 9.20. The van der Waals surface area contributed by atoms with Gasteiger partial charge in [0.2, 0.25) is 5.91 Å². The molecule has 1 aromatic rings. The summed E-state index contributed by atoms with van der Waals surface area (Å²) >= 11 is 0. The monoisotopic (exact) mass is 715 g/mol. The summed E-state index contributed by atoms with van der Waals surface area (Å²) in [6.07, 6.45) is 10.9. The predicted octanol–water partition coefficient (Wildman–Crippen LogP) is 5.52. The molecule has 3 fully saturated rings. The number of carbonyl (C=O) groups excluding carboxylic acids is 4. The standard InChI is InChI=1S/C41H49NO10/c1-23(2)9-10-26-33-27(12-14-39(6,50-33)15-13-30(43)42-17-19-49-20-18-42)34(47-7)31-32(44)28-21-25-22-29-38(4,5)52-40(36(25)45,41(28,29)51-35(26)31)16-11-24(3)37(46)48-8/h9,11-12,14,21,25,29H,10,13,15-20,22H2,1-8H3/b24-11-/t25-,29-,39-,40-,41+/m0/s1. The van der Waals surface area contributed by atoms with E-state index in [9.17, 15) is 14.4 Å². The van der Waals surface area contributed by atoms with Gasteiger partial charge in [0.05, 0.1) is 38.6 Å². The fourth-order valence-electron chi connectivity index (χ4n) is 9.20. The number of nitrogens with zero attached hydrogens (tertiary/aromatic N) is 1. The Morgan fingerprint density at radius 2 is 1.75 bits per heavy atom. The van der Waals surface area contributed by atoms with Crippen molar-refractivity contribution in [2.45, 2.75) is 96.1 Å². The molecule has 1 spiro atoms. The second kappa shape index (κ2) is 12.7. The molecular formula is C41H49NO10. The lowest BCUT2D eigenvalue weighted by atomic mass is 9.51. The van der Waals surface area contributed by atoms with Crippen LogP contribution in [0, 0.1) is 11.8 Å². The molecule has 1 saturated carbocycles. The van der Waals surface area contributed by atoms with Gasteiger partial charge in [-0.2, -0.15) is 0 Å². The van der Waals surface area contributed by atoms with Crippen LogP contribution in [0.15, 0.2) is 41.0 Å². The maximum Gasteiger partial charge on any atom is 0.333 e. The van der Waals surface area contributed by atoms with Crippen molar-refractivity contribution in [2.24, 2.45) is 11.8 Å². The molecule has 11 nitrogen and oxygen atoms in total. The Morgan fingerprint density at radius 3 is 2.42 bits per heavy atom. The Morgan fingerprint density at radius 1 is 1.02 bits per heavy atom. The summed E-state index contributed by atoms with van der Waals surface area (Å²) in [5.74, 6) is -0.700. The van der Waals surface area contributed by atoms with Gasteiger partial charge < -0.3 is 33.3 Å². The van der Waals surface area contributed by atoms with Crippen LogP contribution in [0.1, 0.15) is 88.7 Å². The van der Waals surface area contributed by atoms with E-state index < -0.39 is 34.3 Å². The minimum absolute atomic E-state index is 0.0169. The first kappa shape index (κ1) is 36.2. The van der Waals surface area contributed by atoms with Gasteiger partial charge in [0, 0.05) is 54.5 Å². The molecule has 0 unspecified atom stereocenters. The molecule has 4 heterocycles. The van der Waals surface area contributed by atoms with Gasteiger partial charge in [-0.1, -0.05) is 23.8 Å². The first-order chi connectivity index (χ1) is 24.6. The molecule has 8 rings (SSSR count). The van der Waals surface area contributed by atoms with Gasteiger partial charge in [0.25, 0.3) is 0 Å². The lowest BCUT2D eigenvalue weighted by molar-refractivity contribution is -0.171. The van der Waals surface area contributed by atoms with Crippen molar-refractivity contribution in [2.75, 3.05) is 40.5 Å². The number of esters is 1. The summed E-state index contributed by atoms with van der Waals surface area (Å²) in [5.41, 5.74) is -1.44. The van der Waals surface area contributed by atoms with E-state index >= 15 is 4.79 Å². The van der Waals surface area contributed by atoms with Crippen LogP contribution >= 0.6 is 0 Å². The number of morpholine rings is 1. The number of ketones is 2. The molecule has 1 amide bonds. The van der Waals surface area contributed by atoms with Crippen LogP contribution in [0.4, 0.5) is 0 Å². The molecule has 278 valence electrons. The molecule has 52 heavy (non-hydrogen) atoms. The van der Waals surface area contributed by atoms with Crippen LogP contribution in [0.25, 0.3) is 6.08 Å². The molecule has 0 aromatic heterocycles. The summed E-state index contributed by atoms with van der Waals surface area (Å²) < 4.78 is 37.5. The van der Waals surface area contributed by atoms with Crippen LogP contribution in [0.5, 0.6) is 17.2 Å². The Kier molecular flexibility index (Phi) is 8.85. The summed E-state index contributed by atoms with van der Waals surface area (Å²) in [6, 6.07) is 0. The van der Waals surface area contributed by atoms with Crippen LogP contribution in [-0.2, 0) is 35.0 Å². The van der Waals surface area contributed by atoms with E-state index in [0.29, 0.717) is 85.1 Å². The first-order valence-corrected chi connectivity index (χ1v) is 18.2. The lowest BCUT2D eigenvalue weighted by Gasteiger charge is -2.56. The lowest BCUT2D eigenvalue weighted by Crippen LogP contribution is -2.72. The van der Waals surface area contributed by atoms with Crippen molar-refractivity contribution in [3.63, 3.8) is 0 Å². The molecular weight excluding hydrogens is 666 g/mol. The highest BCUT2D eigenvalue weighted by molar-refractivity contribution is 6.19. The third kappa shape index (κ3) is 5.29. The highest BCUT2D eigenvalue weighted by Gasteiger charge is 2.81. The number of hydrogen-bond donors (Lipinski definition) is 0. The number of carbonyl (C=O) groups is 4. The van der Waals surface area contributed by atoms with Gasteiger partial charge in [-0.3, -0.25) is 14.4 Å². The molecule has 1 aromatic carbocycles. The van der Waals surface area contributed by atoms with Crippen molar-refractivity contribution in [3.05, 3.63) is 57.7 Å². The van der Waals surface area contributed by atoms with Crippen LogP contribution < -0.4 is 14.2 Å². The van der Waals surface area contributed by atoms with Crippen LogP contribution in [0.3, 0.4) is 0 Å². The number of rotatable bonds is 9. The zero-order chi connectivity index (χ0) is 37.4. The quantitative estimate of drug-likeness (QED) is 0.183. The zero-order valence-electron chi connectivity index (χ0n) is 31.4. The summed E-state index contributed by atoms with van der Waals surface area (Å²) in [7, 11) is 2.83. The molecule has 3 aliphatic carbocycles. The van der Waals surface area contributed by atoms with Crippen molar-refractivity contribution in [1.82, 2.24) is 4.90 Å². The highest BCUT2D eigenvalue weighted by atomic mass is 16.6. The third-order valence-corrected chi connectivity index (χ3v) is 11.8. The van der Waals surface area contributed by atoms with Crippen LogP contribution in [0.2, 0.25) is 0 Å². The van der Waals surface area contributed by atoms with Gasteiger partial charge in [0.15, 0.2) is 22.8 Å². The van der Waals surface area contributed by atoms with Crippen molar-refractivity contribution in [1.29, 1.82) is 0 Å². The van der Waals surface area contributed by atoms with E-state index in [1.165, 1.54) is 14.2 Å². The number of Topliss-reactive ketones (excluding diaryl/α,β-unsaturated/α-hetero) is 2. The molecule has 11 heteroatoms. The number of ether oxygens (including phenoxy) is 6. The van der Waals surface area contributed by atoms with Gasteiger partial charge >= 0.3 is 5.97 Å². The molecule has 4 bridgehead atoms. The van der Waals surface area contributed by atoms with Gasteiger partial charge in [0.1, 0.15) is 28.4 Å². The predicted molar refractivity (Wildman–Crippen MR) is 191 cm³/mol. The average Bonchev–Trinajstić information content (AvgIpc) is 3.28. The van der Waals surface area contributed by atoms with E-state index in [0.717, 1.165) is 5.57 Å². The smallest absolute Gasteiger partial charge is 0.333 e. The van der Waals surface area contributed by atoms with Crippen LogP contribution in [-0.4, -0.2) is 91.3 Å². The fraction of sp³-hybridized carbons (Fsp3) is 0.561. The molecule has 7 aliphatic rings. The minimum Gasteiger partial charge on any atom is -0.495 e. The summed E-state index contributed by atoms with van der Waals surface area (Å²) in [6.45, 7) is 13.7. The Balaban J connectivity index is 1.38. The average molecular weight is 716 g/mol. The molecule has 2 saturated heterocycles. The number of benzene rings is 1. The maximum atomic E-state index is 15.1. The van der Waals surface area contributed by atoms with Crippen molar-refractivity contribution < 1.29 is 47.6 Å². The molecule has 4 aliphatic heterocycles. The van der Waals surface area contributed by atoms with Gasteiger partial charge in [-0.05, 0) is 73.0 Å². The highest BCUT2D eigenvalue weighted by Crippen LogP contribution is 2.68. The number of fused-ring (bicyclic) bond motifs is 2. The van der Waals surface area contributed by atoms with Crippen molar-refractivity contribution in [3.8, 4) is 17.2 Å². The van der Waals surface area contributed by atoms with Crippen molar-refractivity contribution >= 4 is 29.5 Å². The van der Waals surface area contributed by atoms with E-state index in [2.05, 4.69) is 6.08 Å². The minimum atomic E-state index is -1.58. The summed E-state index contributed by atoms with van der Waals surface area (Å²) in [4.78, 5) is 57.1. The number of amides is 1. The SMILES string of the molecule is COC(=O)/C(C)=C\C[C@@]12OC(C)(C)[C@@H]3C[C@H](C=C4C(=O)c5c(OC)c6c(c(CC=C(C)C)c5O[C@]431)O[C@](C)(CCC(=O)N1CCOCC1)C=C6)C2=O. The largest absolute Gasteiger partial charge is 0.495 e. The number of allylic oxidation sites excluding steroid dienone is 3. The number of methoxy groups -OCH3 is 2. The van der Waals surface area contributed by atoms with E-state index in [-0.39, 0.29) is 41.8 Å². The molecule has 0 N–H and O–H groups in total. The van der Waals surface area contributed by atoms with E-state index in [1.807, 2.05) is 51.7 Å². The second-order valence-corrected chi connectivity index (χ2v) is 15.8. The third-order valence-electron chi connectivity index (χ3n) is 11.8. The topological polar surface area (TPSA) is 127 Å². The Labute approximate surface area is 304 Å². The Hall–Kier alpha value is -4.22. The van der Waals surface area contributed by atoms with Gasteiger partial charge in [-0.25, -0.2) is 4.79 Å². The normalized spacial score (nSPS) is 30.7. The molecule has 0 radical (unpaired) electrons. The second-order valence-electron chi connectivity index (χ2n) is 15.8. The number of hydrogen-bond acceptors (Lipinski definition) is 10. The Bertz CT molecular complexity index is 1870. The van der Waals surface area contributed by atoms with E-state index in [1.54, 1.807) is 19.1 Å². The van der Waals surface area contributed by atoms with Gasteiger partial charge in [-0.15, -0.1) is 0 Å². The first-order valence-electron chi connectivity index (χ1n) is 18.2. The molecule has 5 atom stereocenters. The summed E-state index contributed by atoms with van der Waals surface area (Å²) in [5, 5.41) is 0.